The molecule has 2 aromatic carbocycles. The summed E-state index contributed by atoms with van der Waals surface area (Å²) in [5, 5.41) is 7.51. The Morgan fingerprint density at radius 2 is 1.81 bits per heavy atom. The summed E-state index contributed by atoms with van der Waals surface area (Å²) in [6.07, 6.45) is -4.42. The maximum atomic E-state index is 12.9. The van der Waals surface area contributed by atoms with Gasteiger partial charge in [0, 0.05) is 17.6 Å². The van der Waals surface area contributed by atoms with Gasteiger partial charge in [-0.2, -0.15) is 18.3 Å². The Morgan fingerprint density at radius 1 is 1.11 bits per heavy atom. The Morgan fingerprint density at radius 3 is 2.48 bits per heavy atom. The van der Waals surface area contributed by atoms with E-state index >= 15 is 0 Å². The van der Waals surface area contributed by atoms with E-state index in [0.29, 0.717) is 26.9 Å². The summed E-state index contributed by atoms with van der Waals surface area (Å²) >= 11 is 1.07. The molecular weight excluding hydrogens is 375 g/mol. The first-order valence-corrected chi connectivity index (χ1v) is 8.82. The molecule has 0 atom stereocenters. The van der Waals surface area contributed by atoms with Crippen LogP contribution >= 0.6 is 11.8 Å². The first-order valence-electron chi connectivity index (χ1n) is 8.01. The fourth-order valence-electron chi connectivity index (χ4n) is 2.58. The number of halogens is 3. The van der Waals surface area contributed by atoms with Crippen molar-refractivity contribution in [2.45, 2.75) is 23.0 Å². The van der Waals surface area contributed by atoms with E-state index in [-0.39, 0.29) is 5.91 Å². The van der Waals surface area contributed by atoms with Gasteiger partial charge in [0.1, 0.15) is 5.03 Å². The number of hydrogen-bond acceptors (Lipinski definition) is 3. The number of nitrogens with one attached hydrogen (secondary N) is 1. The van der Waals surface area contributed by atoms with Crippen LogP contribution < -0.4 is 5.32 Å². The normalized spacial score (nSPS) is 11.4. The number of benzene rings is 2. The van der Waals surface area contributed by atoms with Gasteiger partial charge in [-0.25, -0.2) is 0 Å². The van der Waals surface area contributed by atoms with Crippen LogP contribution in [-0.2, 0) is 13.2 Å². The van der Waals surface area contributed by atoms with Gasteiger partial charge >= 0.3 is 6.18 Å². The zero-order valence-electron chi connectivity index (χ0n) is 14.5. The standard InChI is InChI=1S/C19H16F3N3OS/c1-12-16(17(26)23-14-8-4-3-5-9-14)18(25(2)24-12)27-15-10-6-7-13(11-15)19(20,21)22/h3-11H,1-2H3,(H,23,26). The Hall–Kier alpha value is -2.74. The molecule has 3 rings (SSSR count). The quantitative estimate of drug-likeness (QED) is 0.669. The SMILES string of the molecule is Cc1nn(C)c(Sc2cccc(C(F)(F)F)c2)c1C(=O)Nc1ccccc1. The van der Waals surface area contributed by atoms with Gasteiger partial charge in [0.2, 0.25) is 0 Å². The zero-order valence-corrected chi connectivity index (χ0v) is 15.4. The smallest absolute Gasteiger partial charge is 0.322 e. The molecule has 27 heavy (non-hydrogen) atoms. The third-order valence-corrected chi connectivity index (χ3v) is 4.96. The molecule has 0 saturated carbocycles. The van der Waals surface area contributed by atoms with Crippen molar-refractivity contribution in [1.29, 1.82) is 0 Å². The summed E-state index contributed by atoms with van der Waals surface area (Å²) in [5.74, 6) is -0.360. The van der Waals surface area contributed by atoms with Crippen molar-refractivity contribution in [3.8, 4) is 0 Å². The van der Waals surface area contributed by atoms with Crippen molar-refractivity contribution in [3.63, 3.8) is 0 Å². The second kappa shape index (κ2) is 7.48. The van der Waals surface area contributed by atoms with Gasteiger partial charge in [0.15, 0.2) is 0 Å². The zero-order chi connectivity index (χ0) is 19.6. The van der Waals surface area contributed by atoms with E-state index in [1.807, 2.05) is 6.07 Å². The van der Waals surface area contributed by atoms with Crippen LogP contribution in [-0.4, -0.2) is 15.7 Å². The summed E-state index contributed by atoms with van der Waals surface area (Å²) in [5.41, 5.74) is 0.728. The number of hydrogen-bond donors (Lipinski definition) is 1. The molecule has 0 spiro atoms. The van der Waals surface area contributed by atoms with Gasteiger partial charge in [0.05, 0.1) is 16.8 Å². The second-order valence-electron chi connectivity index (χ2n) is 5.84. The average Bonchev–Trinajstić information content (AvgIpc) is 2.89. The lowest BCUT2D eigenvalue weighted by atomic mass is 10.2. The highest BCUT2D eigenvalue weighted by Crippen LogP contribution is 2.36. The molecule has 0 fully saturated rings. The van der Waals surface area contributed by atoms with Gasteiger partial charge in [-0.05, 0) is 37.3 Å². The molecule has 1 heterocycles. The topological polar surface area (TPSA) is 46.9 Å². The van der Waals surface area contributed by atoms with Crippen LogP contribution in [0.25, 0.3) is 0 Å². The fraction of sp³-hybridized carbons (Fsp3) is 0.158. The molecule has 1 N–H and O–H groups in total. The molecular formula is C19H16F3N3OS. The second-order valence-corrected chi connectivity index (χ2v) is 6.90. The number of carbonyl (C=O) groups excluding carboxylic acids is 1. The van der Waals surface area contributed by atoms with Crippen molar-refractivity contribution in [2.24, 2.45) is 7.05 Å². The van der Waals surface area contributed by atoms with E-state index in [1.165, 1.54) is 10.7 Å². The lowest BCUT2D eigenvalue weighted by Crippen LogP contribution is -2.13. The van der Waals surface area contributed by atoms with Gasteiger partial charge < -0.3 is 5.32 Å². The van der Waals surface area contributed by atoms with Crippen LogP contribution in [0.2, 0.25) is 0 Å². The highest BCUT2D eigenvalue weighted by Gasteiger charge is 2.30. The summed E-state index contributed by atoms with van der Waals surface area (Å²) in [6, 6.07) is 13.9. The average molecular weight is 391 g/mol. The fourth-order valence-corrected chi connectivity index (χ4v) is 3.65. The van der Waals surface area contributed by atoms with Gasteiger partial charge in [0.25, 0.3) is 5.91 Å². The highest BCUT2D eigenvalue weighted by molar-refractivity contribution is 7.99. The number of anilines is 1. The van der Waals surface area contributed by atoms with Crippen LogP contribution in [0.5, 0.6) is 0 Å². The van der Waals surface area contributed by atoms with E-state index in [2.05, 4.69) is 10.4 Å². The largest absolute Gasteiger partial charge is 0.416 e. The third kappa shape index (κ3) is 4.33. The number of alkyl halides is 3. The van der Waals surface area contributed by atoms with E-state index in [4.69, 9.17) is 0 Å². The first kappa shape index (κ1) is 19.0. The molecule has 8 heteroatoms. The molecule has 4 nitrogen and oxygen atoms in total. The number of para-hydroxylation sites is 1. The van der Waals surface area contributed by atoms with Gasteiger partial charge in [-0.1, -0.05) is 36.0 Å². The van der Waals surface area contributed by atoms with E-state index in [9.17, 15) is 18.0 Å². The van der Waals surface area contributed by atoms with E-state index < -0.39 is 11.7 Å². The first-order chi connectivity index (χ1) is 12.8. The van der Waals surface area contributed by atoms with Crippen LogP contribution in [0.3, 0.4) is 0 Å². The number of amides is 1. The molecule has 1 amide bonds. The number of rotatable bonds is 4. The lowest BCUT2D eigenvalue weighted by Gasteiger charge is -2.10. The Bertz CT molecular complexity index is 968. The maximum Gasteiger partial charge on any atom is 0.416 e. The van der Waals surface area contributed by atoms with Crippen LogP contribution in [0.4, 0.5) is 18.9 Å². The minimum atomic E-state index is -4.42. The van der Waals surface area contributed by atoms with Crippen molar-refractivity contribution in [2.75, 3.05) is 5.32 Å². The molecule has 0 bridgehead atoms. The van der Waals surface area contributed by atoms with E-state index in [1.54, 1.807) is 44.3 Å². The minimum Gasteiger partial charge on any atom is -0.322 e. The van der Waals surface area contributed by atoms with Crippen molar-refractivity contribution in [3.05, 3.63) is 71.4 Å². The predicted octanol–water partition coefficient (Wildman–Crippen LogP) is 5.15. The van der Waals surface area contributed by atoms with Gasteiger partial charge in [-0.15, -0.1) is 0 Å². The Kier molecular flexibility index (Phi) is 5.27. The highest BCUT2D eigenvalue weighted by atomic mass is 32.2. The maximum absolute atomic E-state index is 12.9. The van der Waals surface area contributed by atoms with Crippen molar-refractivity contribution >= 4 is 23.4 Å². The van der Waals surface area contributed by atoms with E-state index in [0.717, 1.165) is 23.9 Å². The number of nitrogens with zero attached hydrogens (tertiary/aromatic N) is 2. The molecule has 0 aliphatic heterocycles. The van der Waals surface area contributed by atoms with Gasteiger partial charge in [-0.3, -0.25) is 9.48 Å². The Labute approximate surface area is 158 Å². The van der Waals surface area contributed by atoms with Crippen LogP contribution in [0.15, 0.2) is 64.5 Å². The molecule has 0 aliphatic carbocycles. The molecule has 0 radical (unpaired) electrons. The van der Waals surface area contributed by atoms with Crippen LogP contribution in [0, 0.1) is 6.92 Å². The molecule has 0 saturated heterocycles. The molecule has 140 valence electrons. The monoisotopic (exact) mass is 391 g/mol. The summed E-state index contributed by atoms with van der Waals surface area (Å²) in [4.78, 5) is 13.1. The lowest BCUT2D eigenvalue weighted by molar-refractivity contribution is -0.137. The number of aryl methyl sites for hydroxylation is 2. The van der Waals surface area contributed by atoms with Crippen molar-refractivity contribution < 1.29 is 18.0 Å². The predicted molar refractivity (Wildman–Crippen MR) is 97.9 cm³/mol. The summed E-state index contributed by atoms with van der Waals surface area (Å²) < 4.78 is 40.3. The summed E-state index contributed by atoms with van der Waals surface area (Å²) in [7, 11) is 1.66. The number of carbonyl (C=O) groups is 1. The molecule has 1 aromatic heterocycles. The number of aromatic nitrogens is 2. The summed E-state index contributed by atoms with van der Waals surface area (Å²) in [6.45, 7) is 1.69. The van der Waals surface area contributed by atoms with Crippen LogP contribution in [0.1, 0.15) is 21.6 Å². The Balaban J connectivity index is 1.92. The molecule has 3 aromatic rings. The minimum absolute atomic E-state index is 0.337. The van der Waals surface area contributed by atoms with Crippen molar-refractivity contribution in [1.82, 2.24) is 9.78 Å². The third-order valence-electron chi connectivity index (χ3n) is 3.80. The molecule has 0 unspecified atom stereocenters. The molecule has 0 aliphatic rings.